The molecular formula is C20H17N5O2. The van der Waals surface area contributed by atoms with Gasteiger partial charge in [0.15, 0.2) is 5.58 Å². The van der Waals surface area contributed by atoms with E-state index in [-0.39, 0.29) is 0 Å². The van der Waals surface area contributed by atoms with Crippen LogP contribution in [0.3, 0.4) is 0 Å². The molecule has 4 N–H and O–H groups in total. The SMILES string of the molecule is Cc1cccc(N(C(N)=O)c2ccc(-c3noc4ccnc(N)c34)cc2)c1. The van der Waals surface area contributed by atoms with Crippen LogP contribution in [0.1, 0.15) is 5.56 Å². The van der Waals surface area contributed by atoms with E-state index < -0.39 is 6.03 Å². The molecule has 0 unspecified atom stereocenters. The van der Waals surface area contributed by atoms with Gasteiger partial charge in [-0.3, -0.25) is 4.90 Å². The van der Waals surface area contributed by atoms with Crippen LogP contribution < -0.4 is 16.4 Å². The third-order valence-electron chi connectivity index (χ3n) is 4.29. The Balaban J connectivity index is 1.75. The summed E-state index contributed by atoms with van der Waals surface area (Å²) in [4.78, 5) is 17.6. The van der Waals surface area contributed by atoms with E-state index in [4.69, 9.17) is 16.0 Å². The van der Waals surface area contributed by atoms with Crippen molar-refractivity contribution in [2.45, 2.75) is 6.92 Å². The highest BCUT2D eigenvalue weighted by Crippen LogP contribution is 2.33. The predicted octanol–water partition coefficient (Wildman–Crippen LogP) is 4.00. The minimum atomic E-state index is -0.561. The normalized spacial score (nSPS) is 10.9. The Morgan fingerprint density at radius 1 is 1.07 bits per heavy atom. The van der Waals surface area contributed by atoms with Gasteiger partial charge in [0, 0.05) is 17.8 Å². The second kappa shape index (κ2) is 6.45. The molecule has 0 fully saturated rings. The van der Waals surface area contributed by atoms with E-state index in [1.54, 1.807) is 24.4 Å². The lowest BCUT2D eigenvalue weighted by molar-refractivity contribution is 0.256. The molecular weight excluding hydrogens is 342 g/mol. The van der Waals surface area contributed by atoms with Gasteiger partial charge < -0.3 is 16.0 Å². The first-order valence-corrected chi connectivity index (χ1v) is 8.31. The van der Waals surface area contributed by atoms with Gasteiger partial charge in [-0.25, -0.2) is 9.78 Å². The number of benzene rings is 2. The molecule has 2 heterocycles. The highest BCUT2D eigenvalue weighted by atomic mass is 16.5. The molecule has 134 valence electrons. The smallest absolute Gasteiger partial charge is 0.323 e. The van der Waals surface area contributed by atoms with Crippen molar-refractivity contribution in [3.05, 3.63) is 66.4 Å². The van der Waals surface area contributed by atoms with Gasteiger partial charge in [0.2, 0.25) is 0 Å². The van der Waals surface area contributed by atoms with Crippen molar-refractivity contribution in [3.8, 4) is 11.3 Å². The summed E-state index contributed by atoms with van der Waals surface area (Å²) in [7, 11) is 0. The Kier molecular flexibility index (Phi) is 3.97. The van der Waals surface area contributed by atoms with E-state index in [9.17, 15) is 4.79 Å². The van der Waals surface area contributed by atoms with Gasteiger partial charge in [0.1, 0.15) is 11.5 Å². The molecule has 27 heavy (non-hydrogen) atoms. The van der Waals surface area contributed by atoms with Gasteiger partial charge in [-0.2, -0.15) is 0 Å². The quantitative estimate of drug-likeness (QED) is 0.574. The van der Waals surface area contributed by atoms with Crippen molar-refractivity contribution in [3.63, 3.8) is 0 Å². The zero-order valence-electron chi connectivity index (χ0n) is 14.6. The summed E-state index contributed by atoms with van der Waals surface area (Å²) in [6.45, 7) is 1.96. The Hall–Kier alpha value is -3.87. The third kappa shape index (κ3) is 2.95. The van der Waals surface area contributed by atoms with Crippen molar-refractivity contribution in [2.24, 2.45) is 5.73 Å². The van der Waals surface area contributed by atoms with Crippen LogP contribution in [-0.2, 0) is 0 Å². The molecule has 0 atom stereocenters. The van der Waals surface area contributed by atoms with Crippen LogP contribution in [0.4, 0.5) is 22.0 Å². The topological polar surface area (TPSA) is 111 Å². The van der Waals surface area contributed by atoms with Crippen LogP contribution in [0.5, 0.6) is 0 Å². The molecule has 7 nitrogen and oxygen atoms in total. The molecule has 0 bridgehead atoms. The van der Waals surface area contributed by atoms with E-state index in [1.807, 2.05) is 43.3 Å². The number of pyridine rings is 1. The summed E-state index contributed by atoms with van der Waals surface area (Å²) < 4.78 is 5.33. The average molecular weight is 359 g/mol. The van der Waals surface area contributed by atoms with Crippen LogP contribution >= 0.6 is 0 Å². The monoisotopic (exact) mass is 359 g/mol. The number of carbonyl (C=O) groups is 1. The molecule has 0 saturated carbocycles. The fourth-order valence-corrected chi connectivity index (χ4v) is 3.05. The minimum Gasteiger partial charge on any atom is -0.383 e. The maximum absolute atomic E-state index is 12.0. The number of aromatic nitrogens is 2. The van der Waals surface area contributed by atoms with E-state index >= 15 is 0 Å². The molecule has 4 rings (SSSR count). The molecule has 2 aromatic heterocycles. The fourth-order valence-electron chi connectivity index (χ4n) is 3.05. The zero-order chi connectivity index (χ0) is 19.0. The predicted molar refractivity (Wildman–Crippen MR) is 105 cm³/mol. The number of anilines is 3. The van der Waals surface area contributed by atoms with E-state index in [1.165, 1.54) is 4.90 Å². The lowest BCUT2D eigenvalue weighted by atomic mass is 10.1. The van der Waals surface area contributed by atoms with E-state index in [2.05, 4.69) is 10.1 Å². The van der Waals surface area contributed by atoms with Crippen LogP contribution in [0.25, 0.3) is 22.2 Å². The number of nitrogens with two attached hydrogens (primary N) is 2. The molecule has 0 aliphatic rings. The molecule has 0 spiro atoms. The number of nitrogen functional groups attached to an aromatic ring is 1. The number of primary amides is 1. The molecule has 4 aromatic rings. The van der Waals surface area contributed by atoms with Crippen LogP contribution in [0.2, 0.25) is 0 Å². The first-order valence-electron chi connectivity index (χ1n) is 8.31. The number of carbonyl (C=O) groups excluding carboxylic acids is 1. The molecule has 0 radical (unpaired) electrons. The molecule has 2 amide bonds. The van der Waals surface area contributed by atoms with Crippen LogP contribution in [0.15, 0.2) is 65.3 Å². The number of hydrogen-bond donors (Lipinski definition) is 2. The van der Waals surface area contributed by atoms with Gasteiger partial charge in [0.05, 0.1) is 16.8 Å². The fraction of sp³-hybridized carbons (Fsp3) is 0.0500. The van der Waals surface area contributed by atoms with Crippen LogP contribution in [-0.4, -0.2) is 16.2 Å². The summed E-state index contributed by atoms with van der Waals surface area (Å²) in [6.07, 6.45) is 1.57. The maximum Gasteiger partial charge on any atom is 0.323 e. The summed E-state index contributed by atoms with van der Waals surface area (Å²) in [5.41, 5.74) is 15.9. The number of amides is 2. The molecule has 0 saturated heterocycles. The van der Waals surface area contributed by atoms with Crippen molar-refractivity contribution in [1.82, 2.24) is 10.1 Å². The molecule has 2 aromatic carbocycles. The van der Waals surface area contributed by atoms with Crippen molar-refractivity contribution in [2.75, 3.05) is 10.6 Å². The third-order valence-corrected chi connectivity index (χ3v) is 4.29. The number of urea groups is 1. The van der Waals surface area contributed by atoms with E-state index in [0.717, 1.165) is 11.1 Å². The first kappa shape index (κ1) is 16.6. The maximum atomic E-state index is 12.0. The Morgan fingerprint density at radius 2 is 1.85 bits per heavy atom. The first-order chi connectivity index (χ1) is 13.0. The highest BCUT2D eigenvalue weighted by molar-refractivity contribution is 6.00. The van der Waals surface area contributed by atoms with E-state index in [0.29, 0.717) is 33.9 Å². The summed E-state index contributed by atoms with van der Waals surface area (Å²) >= 11 is 0. The van der Waals surface area contributed by atoms with Gasteiger partial charge in [-0.1, -0.05) is 29.4 Å². The average Bonchev–Trinajstić information content (AvgIpc) is 3.08. The van der Waals surface area contributed by atoms with Gasteiger partial charge in [0.25, 0.3) is 0 Å². The minimum absolute atomic E-state index is 0.353. The summed E-state index contributed by atoms with van der Waals surface area (Å²) in [6, 6.07) is 16.0. The van der Waals surface area contributed by atoms with Crippen molar-refractivity contribution < 1.29 is 9.32 Å². The largest absolute Gasteiger partial charge is 0.383 e. The van der Waals surface area contributed by atoms with Crippen molar-refractivity contribution >= 4 is 34.2 Å². The number of nitrogens with zero attached hydrogens (tertiary/aromatic N) is 3. The zero-order valence-corrected chi connectivity index (χ0v) is 14.6. The van der Waals surface area contributed by atoms with Crippen LogP contribution in [0, 0.1) is 6.92 Å². The molecule has 0 aliphatic heterocycles. The van der Waals surface area contributed by atoms with Gasteiger partial charge >= 0.3 is 6.03 Å². The Bertz CT molecular complexity index is 1130. The number of rotatable bonds is 3. The summed E-state index contributed by atoms with van der Waals surface area (Å²) in [5.74, 6) is 0.353. The molecule has 7 heteroatoms. The second-order valence-electron chi connectivity index (χ2n) is 6.16. The second-order valence-corrected chi connectivity index (χ2v) is 6.16. The standard InChI is InChI=1S/C20H17N5O2/c1-12-3-2-4-15(11-12)25(20(22)26)14-7-5-13(6-8-14)18-17-16(27-24-18)9-10-23-19(17)21/h2-11H,1H3,(H2,21,23)(H2,22,26). The Labute approximate surface area is 155 Å². The summed E-state index contributed by atoms with van der Waals surface area (Å²) in [5, 5.41) is 4.77. The number of hydrogen-bond acceptors (Lipinski definition) is 5. The highest BCUT2D eigenvalue weighted by Gasteiger charge is 2.17. The molecule has 0 aliphatic carbocycles. The van der Waals surface area contributed by atoms with Gasteiger partial charge in [-0.05, 0) is 36.8 Å². The lowest BCUT2D eigenvalue weighted by Gasteiger charge is -2.21. The number of fused-ring (bicyclic) bond motifs is 1. The van der Waals surface area contributed by atoms with Crippen molar-refractivity contribution in [1.29, 1.82) is 0 Å². The van der Waals surface area contributed by atoms with Gasteiger partial charge in [-0.15, -0.1) is 0 Å². The number of aryl methyl sites for hydroxylation is 1. The Morgan fingerprint density at radius 3 is 2.56 bits per heavy atom. The lowest BCUT2D eigenvalue weighted by Crippen LogP contribution is -2.31.